The second-order valence-corrected chi connectivity index (χ2v) is 5.86. The fourth-order valence-corrected chi connectivity index (χ4v) is 3.53. The van der Waals surface area contributed by atoms with Crippen molar-refractivity contribution in [1.82, 2.24) is 10.6 Å². The van der Waals surface area contributed by atoms with Gasteiger partial charge in [-0.25, -0.2) is 0 Å². The first kappa shape index (κ1) is 12.9. The van der Waals surface area contributed by atoms with Gasteiger partial charge in [-0.3, -0.25) is 4.79 Å². The van der Waals surface area contributed by atoms with E-state index in [9.17, 15) is 4.79 Å². The first-order valence-corrected chi connectivity index (χ1v) is 7.17. The summed E-state index contributed by atoms with van der Waals surface area (Å²) in [6, 6.07) is 0.758. The quantitative estimate of drug-likeness (QED) is 0.789. The largest absolute Gasteiger partial charge is 0.353 e. The lowest BCUT2D eigenvalue weighted by molar-refractivity contribution is -0.126. The predicted molar refractivity (Wildman–Crippen MR) is 69.7 cm³/mol. The summed E-state index contributed by atoms with van der Waals surface area (Å²) in [6.45, 7) is 7.65. The van der Waals surface area contributed by atoms with Gasteiger partial charge in [0.15, 0.2) is 0 Å². The van der Waals surface area contributed by atoms with Gasteiger partial charge in [0.1, 0.15) is 0 Å². The third kappa shape index (κ3) is 2.65. The number of rotatable bonds is 3. The summed E-state index contributed by atoms with van der Waals surface area (Å²) in [5, 5.41) is 6.63. The third-order valence-corrected chi connectivity index (χ3v) is 4.94. The number of hydrogen-bond donors (Lipinski definition) is 2. The first-order valence-electron chi connectivity index (χ1n) is 7.17. The molecule has 5 atom stereocenters. The van der Waals surface area contributed by atoms with Gasteiger partial charge in [0, 0.05) is 12.1 Å². The van der Waals surface area contributed by atoms with E-state index in [1.54, 1.807) is 0 Å². The minimum Gasteiger partial charge on any atom is -0.353 e. The van der Waals surface area contributed by atoms with Gasteiger partial charge in [0.2, 0.25) is 5.91 Å². The zero-order valence-electron chi connectivity index (χ0n) is 11.3. The topological polar surface area (TPSA) is 41.1 Å². The zero-order chi connectivity index (χ0) is 12.4. The summed E-state index contributed by atoms with van der Waals surface area (Å²) in [5.41, 5.74) is 0. The van der Waals surface area contributed by atoms with Gasteiger partial charge in [0.25, 0.3) is 0 Å². The molecule has 98 valence electrons. The van der Waals surface area contributed by atoms with Gasteiger partial charge in [-0.2, -0.15) is 0 Å². The minimum atomic E-state index is 0.183. The molecule has 1 saturated carbocycles. The van der Waals surface area contributed by atoms with Crippen molar-refractivity contribution in [2.24, 2.45) is 17.8 Å². The molecule has 5 unspecified atom stereocenters. The van der Waals surface area contributed by atoms with Crippen LogP contribution < -0.4 is 10.6 Å². The summed E-state index contributed by atoms with van der Waals surface area (Å²) in [6.07, 6.45) is 4.68. The van der Waals surface area contributed by atoms with Crippen molar-refractivity contribution >= 4 is 5.91 Å². The van der Waals surface area contributed by atoms with Crippen LogP contribution in [0.5, 0.6) is 0 Å². The van der Waals surface area contributed by atoms with Crippen molar-refractivity contribution < 1.29 is 4.79 Å². The summed E-state index contributed by atoms with van der Waals surface area (Å²) >= 11 is 0. The van der Waals surface area contributed by atoms with Crippen LogP contribution in [0.3, 0.4) is 0 Å². The Morgan fingerprint density at radius 3 is 2.59 bits per heavy atom. The van der Waals surface area contributed by atoms with E-state index in [0.29, 0.717) is 18.0 Å². The number of nitrogens with one attached hydrogen (secondary N) is 2. The Morgan fingerprint density at radius 2 is 2.06 bits per heavy atom. The molecule has 0 aromatic rings. The maximum atomic E-state index is 12.2. The molecule has 2 aliphatic rings. The maximum Gasteiger partial charge on any atom is 0.224 e. The lowest BCUT2D eigenvalue weighted by atomic mass is 9.93. The highest BCUT2D eigenvalue weighted by molar-refractivity contribution is 5.80. The molecule has 2 N–H and O–H groups in total. The highest BCUT2D eigenvalue weighted by Gasteiger charge is 2.35. The summed E-state index contributed by atoms with van der Waals surface area (Å²) in [5.74, 6) is 1.91. The van der Waals surface area contributed by atoms with Crippen LogP contribution in [0.25, 0.3) is 0 Å². The molecule has 0 spiro atoms. The molecule has 1 heterocycles. The van der Waals surface area contributed by atoms with E-state index in [1.807, 2.05) is 0 Å². The first-order chi connectivity index (χ1) is 8.13. The third-order valence-electron chi connectivity index (χ3n) is 4.94. The van der Waals surface area contributed by atoms with Crippen molar-refractivity contribution in [2.75, 3.05) is 6.54 Å². The van der Waals surface area contributed by atoms with Crippen molar-refractivity contribution in [3.05, 3.63) is 0 Å². The molecule has 0 aromatic carbocycles. The molecule has 17 heavy (non-hydrogen) atoms. The fraction of sp³-hybridized carbons (Fsp3) is 0.929. The van der Waals surface area contributed by atoms with Crippen LogP contribution in [0.1, 0.15) is 46.5 Å². The maximum absolute atomic E-state index is 12.2. The minimum absolute atomic E-state index is 0.183. The van der Waals surface area contributed by atoms with E-state index in [4.69, 9.17) is 0 Å². The predicted octanol–water partition coefficient (Wildman–Crippen LogP) is 1.93. The van der Waals surface area contributed by atoms with E-state index < -0.39 is 0 Å². The zero-order valence-corrected chi connectivity index (χ0v) is 11.3. The van der Waals surface area contributed by atoms with E-state index in [-0.39, 0.29) is 11.8 Å². The van der Waals surface area contributed by atoms with E-state index in [1.165, 1.54) is 19.3 Å². The molecule has 2 rings (SSSR count). The Morgan fingerprint density at radius 1 is 1.29 bits per heavy atom. The van der Waals surface area contributed by atoms with Crippen molar-refractivity contribution in [1.29, 1.82) is 0 Å². The molecule has 1 aliphatic carbocycles. The van der Waals surface area contributed by atoms with Crippen LogP contribution in [0.2, 0.25) is 0 Å². The molecule has 3 heteroatoms. The van der Waals surface area contributed by atoms with Crippen LogP contribution >= 0.6 is 0 Å². The SMILES string of the molecule is CCC1CCC(NC(=O)C2CCNC2C)C1C. The summed E-state index contributed by atoms with van der Waals surface area (Å²) in [4.78, 5) is 12.2. The lowest BCUT2D eigenvalue weighted by Gasteiger charge is -2.23. The molecule has 1 saturated heterocycles. The van der Waals surface area contributed by atoms with Gasteiger partial charge >= 0.3 is 0 Å². The van der Waals surface area contributed by atoms with Crippen LogP contribution in [-0.4, -0.2) is 24.5 Å². The number of amides is 1. The number of carbonyl (C=O) groups is 1. The Labute approximate surface area is 105 Å². The number of hydrogen-bond acceptors (Lipinski definition) is 2. The second-order valence-electron chi connectivity index (χ2n) is 5.86. The molecule has 0 radical (unpaired) electrons. The monoisotopic (exact) mass is 238 g/mol. The van der Waals surface area contributed by atoms with Gasteiger partial charge in [0.05, 0.1) is 5.92 Å². The molecule has 3 nitrogen and oxygen atoms in total. The van der Waals surface area contributed by atoms with Gasteiger partial charge < -0.3 is 10.6 Å². The lowest BCUT2D eigenvalue weighted by Crippen LogP contribution is -2.43. The highest BCUT2D eigenvalue weighted by Crippen LogP contribution is 2.34. The van der Waals surface area contributed by atoms with Crippen molar-refractivity contribution in [2.45, 2.75) is 58.5 Å². The highest BCUT2D eigenvalue weighted by atomic mass is 16.2. The standard InChI is InChI=1S/C14H26N2O/c1-4-11-5-6-13(9(11)2)16-14(17)12-7-8-15-10(12)3/h9-13,15H,4-8H2,1-3H3,(H,16,17). The van der Waals surface area contributed by atoms with Crippen molar-refractivity contribution in [3.8, 4) is 0 Å². The van der Waals surface area contributed by atoms with Gasteiger partial charge in [-0.1, -0.05) is 20.3 Å². The van der Waals surface area contributed by atoms with E-state index in [0.717, 1.165) is 18.9 Å². The Bertz CT molecular complexity index is 279. The fourth-order valence-electron chi connectivity index (χ4n) is 3.53. The molecule has 2 fully saturated rings. The van der Waals surface area contributed by atoms with Crippen LogP contribution in [0.15, 0.2) is 0 Å². The van der Waals surface area contributed by atoms with Crippen LogP contribution in [-0.2, 0) is 4.79 Å². The van der Waals surface area contributed by atoms with Gasteiger partial charge in [-0.05, 0) is 44.6 Å². The second kappa shape index (κ2) is 5.38. The average molecular weight is 238 g/mol. The van der Waals surface area contributed by atoms with Crippen molar-refractivity contribution in [3.63, 3.8) is 0 Å². The van der Waals surface area contributed by atoms with Gasteiger partial charge in [-0.15, -0.1) is 0 Å². The molecule has 1 aliphatic heterocycles. The molecule has 0 bridgehead atoms. The molecule has 0 aromatic heterocycles. The van der Waals surface area contributed by atoms with E-state index >= 15 is 0 Å². The number of carbonyl (C=O) groups excluding carboxylic acids is 1. The van der Waals surface area contributed by atoms with Crippen LogP contribution in [0.4, 0.5) is 0 Å². The summed E-state index contributed by atoms with van der Waals surface area (Å²) < 4.78 is 0. The average Bonchev–Trinajstić information content (AvgIpc) is 2.87. The molecule has 1 amide bonds. The van der Waals surface area contributed by atoms with E-state index in [2.05, 4.69) is 31.4 Å². The smallest absolute Gasteiger partial charge is 0.224 e. The Kier molecular flexibility index (Phi) is 4.08. The Hall–Kier alpha value is -0.570. The normalized spacial score (nSPS) is 41.7. The van der Waals surface area contributed by atoms with Crippen LogP contribution in [0, 0.1) is 17.8 Å². The molecular formula is C14H26N2O. The molecular weight excluding hydrogens is 212 g/mol. The Balaban J connectivity index is 1.87. The summed E-state index contributed by atoms with van der Waals surface area (Å²) in [7, 11) is 0.